The lowest BCUT2D eigenvalue weighted by Gasteiger charge is -2.24. The quantitative estimate of drug-likeness (QED) is 0.333. The Balaban J connectivity index is 4.24. The topological polar surface area (TPSA) is 26.3 Å². The van der Waals surface area contributed by atoms with Gasteiger partial charge in [-0.2, -0.15) is 0 Å². The highest BCUT2D eigenvalue weighted by Gasteiger charge is 2.22. The SMILES string of the molecule is C=C[C@@](C)(CC/C=C(\C)CCC(Cl)C(=C)C)OC(C)=O. The van der Waals surface area contributed by atoms with Gasteiger partial charge in [0.05, 0.1) is 5.38 Å². The van der Waals surface area contributed by atoms with Crippen LogP contribution >= 0.6 is 11.6 Å². The van der Waals surface area contributed by atoms with Crippen LogP contribution in [0.5, 0.6) is 0 Å². The van der Waals surface area contributed by atoms with Gasteiger partial charge in [0.2, 0.25) is 0 Å². The van der Waals surface area contributed by atoms with Gasteiger partial charge in [-0.15, -0.1) is 11.6 Å². The molecule has 0 bridgehead atoms. The minimum atomic E-state index is -0.588. The molecule has 0 heterocycles. The van der Waals surface area contributed by atoms with Crippen molar-refractivity contribution in [2.75, 3.05) is 0 Å². The van der Waals surface area contributed by atoms with Crippen molar-refractivity contribution in [3.63, 3.8) is 0 Å². The zero-order chi connectivity index (χ0) is 15.8. The summed E-state index contributed by atoms with van der Waals surface area (Å²) >= 11 is 6.15. The fraction of sp³-hybridized carbons (Fsp3) is 0.588. The fourth-order valence-corrected chi connectivity index (χ4v) is 1.94. The van der Waals surface area contributed by atoms with E-state index in [1.165, 1.54) is 12.5 Å². The number of halogens is 1. The standard InChI is InChI=1S/C17H27ClO2/c1-7-17(6,20-15(5)19)12-8-9-14(4)10-11-16(18)13(2)3/h7,9,16H,1-2,8,10-12H2,3-6H3/b14-9+/t16?,17-/m0/s1. The lowest BCUT2D eigenvalue weighted by atomic mass is 9.98. The van der Waals surface area contributed by atoms with Crippen LogP contribution in [0, 0.1) is 0 Å². The third kappa shape index (κ3) is 8.21. The summed E-state index contributed by atoms with van der Waals surface area (Å²) in [6.07, 6.45) is 7.31. The predicted molar refractivity (Wildman–Crippen MR) is 87.0 cm³/mol. The van der Waals surface area contributed by atoms with Crippen molar-refractivity contribution < 1.29 is 9.53 Å². The number of esters is 1. The Bertz CT molecular complexity index is 384. The van der Waals surface area contributed by atoms with E-state index in [-0.39, 0.29) is 11.3 Å². The molecule has 0 aliphatic carbocycles. The molecule has 0 aliphatic rings. The van der Waals surface area contributed by atoms with Gasteiger partial charge >= 0.3 is 5.97 Å². The van der Waals surface area contributed by atoms with Crippen LogP contribution in [0.1, 0.15) is 53.4 Å². The summed E-state index contributed by atoms with van der Waals surface area (Å²) in [7, 11) is 0. The van der Waals surface area contributed by atoms with E-state index in [4.69, 9.17) is 16.3 Å². The van der Waals surface area contributed by atoms with Crippen molar-refractivity contribution >= 4 is 17.6 Å². The van der Waals surface area contributed by atoms with Gasteiger partial charge in [0.15, 0.2) is 0 Å². The Morgan fingerprint density at radius 2 is 2.00 bits per heavy atom. The lowest BCUT2D eigenvalue weighted by molar-refractivity contribution is -0.151. The molecular weight excluding hydrogens is 272 g/mol. The Morgan fingerprint density at radius 3 is 2.45 bits per heavy atom. The Kier molecular flexibility index (Phi) is 8.56. The summed E-state index contributed by atoms with van der Waals surface area (Å²) in [5, 5.41) is 0.0397. The highest BCUT2D eigenvalue weighted by atomic mass is 35.5. The number of hydrogen-bond donors (Lipinski definition) is 0. The Labute approximate surface area is 128 Å². The predicted octanol–water partition coefficient (Wildman–Crippen LogP) is 5.18. The third-order valence-electron chi connectivity index (χ3n) is 3.27. The molecule has 2 atom stereocenters. The van der Waals surface area contributed by atoms with Crippen LogP contribution < -0.4 is 0 Å². The van der Waals surface area contributed by atoms with Gasteiger partial charge in [-0.25, -0.2) is 0 Å². The first-order valence-electron chi connectivity index (χ1n) is 6.98. The first-order valence-corrected chi connectivity index (χ1v) is 7.42. The van der Waals surface area contributed by atoms with Crippen LogP contribution in [0.15, 0.2) is 36.5 Å². The zero-order valence-corrected chi connectivity index (χ0v) is 13.9. The van der Waals surface area contributed by atoms with Crippen molar-refractivity contribution in [2.24, 2.45) is 0 Å². The number of carbonyl (C=O) groups excluding carboxylic acids is 1. The maximum Gasteiger partial charge on any atom is 0.303 e. The minimum absolute atomic E-state index is 0.0397. The van der Waals surface area contributed by atoms with Crippen LogP contribution in [-0.4, -0.2) is 16.9 Å². The van der Waals surface area contributed by atoms with E-state index in [1.54, 1.807) is 6.08 Å². The highest BCUT2D eigenvalue weighted by molar-refractivity contribution is 6.22. The van der Waals surface area contributed by atoms with E-state index >= 15 is 0 Å². The van der Waals surface area contributed by atoms with E-state index in [0.717, 1.165) is 31.3 Å². The number of ether oxygens (including phenoxy) is 1. The maximum atomic E-state index is 11.0. The second kappa shape index (κ2) is 9.02. The van der Waals surface area contributed by atoms with E-state index < -0.39 is 5.60 Å². The smallest absolute Gasteiger partial charge is 0.303 e. The molecule has 0 N–H and O–H groups in total. The van der Waals surface area contributed by atoms with Gasteiger partial charge in [0, 0.05) is 6.92 Å². The molecule has 2 nitrogen and oxygen atoms in total. The first-order chi connectivity index (χ1) is 9.20. The van der Waals surface area contributed by atoms with E-state index in [1.807, 2.05) is 13.8 Å². The first kappa shape index (κ1) is 19.0. The van der Waals surface area contributed by atoms with E-state index in [2.05, 4.69) is 26.2 Å². The summed E-state index contributed by atoms with van der Waals surface area (Å²) < 4.78 is 5.28. The average Bonchev–Trinajstić information content (AvgIpc) is 2.34. The van der Waals surface area contributed by atoms with Gasteiger partial charge < -0.3 is 4.74 Å². The molecule has 0 aromatic rings. The van der Waals surface area contributed by atoms with E-state index in [0.29, 0.717) is 0 Å². The number of rotatable bonds is 9. The van der Waals surface area contributed by atoms with Crippen LogP contribution in [-0.2, 0) is 9.53 Å². The van der Waals surface area contributed by atoms with Crippen LogP contribution in [0.25, 0.3) is 0 Å². The number of hydrogen-bond acceptors (Lipinski definition) is 2. The third-order valence-corrected chi connectivity index (χ3v) is 3.86. The normalized spacial score (nSPS) is 16.1. The number of carbonyl (C=O) groups is 1. The molecule has 0 saturated heterocycles. The molecule has 0 aromatic carbocycles. The van der Waals surface area contributed by atoms with Crippen LogP contribution in [0.2, 0.25) is 0 Å². The molecule has 0 saturated carbocycles. The van der Waals surface area contributed by atoms with Crippen molar-refractivity contribution in [3.8, 4) is 0 Å². The summed E-state index contributed by atoms with van der Waals surface area (Å²) in [6.45, 7) is 14.9. The molecule has 1 unspecified atom stereocenters. The van der Waals surface area contributed by atoms with Gasteiger partial charge in [0.1, 0.15) is 5.60 Å². The van der Waals surface area contributed by atoms with Gasteiger partial charge in [-0.05, 0) is 52.5 Å². The number of allylic oxidation sites excluding steroid dienone is 3. The van der Waals surface area contributed by atoms with Gasteiger partial charge in [-0.3, -0.25) is 4.79 Å². The largest absolute Gasteiger partial charge is 0.455 e. The van der Waals surface area contributed by atoms with E-state index in [9.17, 15) is 4.79 Å². The maximum absolute atomic E-state index is 11.0. The van der Waals surface area contributed by atoms with Crippen molar-refractivity contribution in [1.82, 2.24) is 0 Å². The minimum Gasteiger partial charge on any atom is -0.455 e. The van der Waals surface area contributed by atoms with Gasteiger partial charge in [0.25, 0.3) is 0 Å². The molecule has 0 spiro atoms. The highest BCUT2D eigenvalue weighted by Crippen LogP contribution is 2.22. The molecule has 20 heavy (non-hydrogen) atoms. The molecule has 0 aliphatic heterocycles. The fourth-order valence-electron chi connectivity index (χ4n) is 1.83. The molecule has 0 radical (unpaired) electrons. The average molecular weight is 299 g/mol. The monoisotopic (exact) mass is 298 g/mol. The molecule has 0 amide bonds. The summed E-state index contributed by atoms with van der Waals surface area (Å²) in [6, 6.07) is 0. The van der Waals surface area contributed by atoms with Crippen molar-refractivity contribution in [3.05, 3.63) is 36.5 Å². The molecule has 0 rings (SSSR count). The zero-order valence-electron chi connectivity index (χ0n) is 13.2. The lowest BCUT2D eigenvalue weighted by Crippen LogP contribution is -2.27. The Morgan fingerprint density at radius 1 is 1.40 bits per heavy atom. The number of alkyl halides is 1. The van der Waals surface area contributed by atoms with Crippen LogP contribution in [0.4, 0.5) is 0 Å². The van der Waals surface area contributed by atoms with Crippen molar-refractivity contribution in [1.29, 1.82) is 0 Å². The summed E-state index contributed by atoms with van der Waals surface area (Å²) in [5.74, 6) is -0.278. The molecule has 0 fully saturated rings. The molecule has 0 aromatic heterocycles. The van der Waals surface area contributed by atoms with Gasteiger partial charge in [-0.1, -0.05) is 30.4 Å². The molecule has 114 valence electrons. The van der Waals surface area contributed by atoms with Crippen LogP contribution in [0.3, 0.4) is 0 Å². The molecule has 3 heteroatoms. The van der Waals surface area contributed by atoms with Crippen molar-refractivity contribution in [2.45, 2.75) is 64.4 Å². The summed E-state index contributed by atoms with van der Waals surface area (Å²) in [5.41, 5.74) is 1.72. The Hall–Kier alpha value is -1.02. The second-order valence-electron chi connectivity index (χ2n) is 5.55. The molecular formula is C17H27ClO2. The second-order valence-corrected chi connectivity index (χ2v) is 6.08. The summed E-state index contributed by atoms with van der Waals surface area (Å²) in [4.78, 5) is 11.0.